The number of benzene rings is 2. The van der Waals surface area contributed by atoms with E-state index in [2.05, 4.69) is 23.5 Å². The fourth-order valence-electron chi connectivity index (χ4n) is 6.63. The van der Waals surface area contributed by atoms with Crippen molar-refractivity contribution < 1.29 is 19.1 Å². The van der Waals surface area contributed by atoms with Gasteiger partial charge in [-0.3, -0.25) is 14.5 Å². The van der Waals surface area contributed by atoms with Crippen LogP contribution in [-0.4, -0.2) is 41.9 Å². The van der Waals surface area contributed by atoms with Crippen LogP contribution < -0.4 is 20.5 Å². The van der Waals surface area contributed by atoms with E-state index in [9.17, 15) is 9.59 Å². The van der Waals surface area contributed by atoms with E-state index >= 15 is 0 Å². The number of guanidine groups is 1. The van der Waals surface area contributed by atoms with Gasteiger partial charge in [0.25, 0.3) is 5.91 Å². The van der Waals surface area contributed by atoms with Crippen LogP contribution in [0.5, 0.6) is 11.5 Å². The molecule has 5 atom stereocenters. The van der Waals surface area contributed by atoms with Crippen LogP contribution in [0.4, 0.5) is 0 Å². The number of nitrogens with one attached hydrogen (secondary N) is 1. The van der Waals surface area contributed by atoms with E-state index in [0.29, 0.717) is 49.2 Å². The standard InChI is InChI=1S/C29H32N4O4/c30-29-31-19-3-1-2-16-12-20(16)17-4-6-25-21(13-17)23(8-10-36-25)32-28(35)18-5-7-26-22(14-18)24(9-11-37-26)33(29)27(34)15-19/h4-7,13-14,16,19-20,23-24H,1-3,8-12,15H2,(H2,30,31)(H,32,35)/t16?,19?,20?,23?,24-/m1/s1. The van der Waals surface area contributed by atoms with E-state index < -0.39 is 0 Å². The number of aliphatic imine (C=N–C) groups is 1. The summed E-state index contributed by atoms with van der Waals surface area (Å²) in [6.07, 6.45) is 5.90. The van der Waals surface area contributed by atoms with Gasteiger partial charge in [-0.2, -0.15) is 0 Å². The monoisotopic (exact) mass is 500 g/mol. The van der Waals surface area contributed by atoms with Gasteiger partial charge in [-0.15, -0.1) is 0 Å². The molecule has 5 heterocycles. The first-order chi connectivity index (χ1) is 18.0. The van der Waals surface area contributed by atoms with Gasteiger partial charge in [0.05, 0.1) is 31.3 Å². The summed E-state index contributed by atoms with van der Waals surface area (Å²) in [4.78, 5) is 33.2. The lowest BCUT2D eigenvalue weighted by Crippen LogP contribution is -2.50. The molecular formula is C29H32N4O4. The predicted molar refractivity (Wildman–Crippen MR) is 138 cm³/mol. The molecule has 2 aromatic carbocycles. The maximum absolute atomic E-state index is 13.5. The molecule has 8 rings (SSSR count). The number of carbonyl (C=O) groups is 2. The molecular weight excluding hydrogens is 468 g/mol. The minimum Gasteiger partial charge on any atom is -0.493 e. The summed E-state index contributed by atoms with van der Waals surface area (Å²) in [7, 11) is 0. The lowest BCUT2D eigenvalue weighted by atomic mass is 9.94. The number of nitrogens with two attached hydrogens (primary N) is 1. The number of carbonyl (C=O) groups excluding carboxylic acids is 2. The van der Waals surface area contributed by atoms with Gasteiger partial charge in [-0.05, 0) is 67.0 Å². The average Bonchev–Trinajstić information content (AvgIpc) is 3.67. The first kappa shape index (κ1) is 22.6. The minimum atomic E-state index is -0.297. The fourth-order valence-corrected chi connectivity index (χ4v) is 6.63. The Balaban J connectivity index is 1.28. The summed E-state index contributed by atoms with van der Waals surface area (Å²) < 4.78 is 11.8. The van der Waals surface area contributed by atoms with Crippen molar-refractivity contribution in [2.75, 3.05) is 13.2 Å². The largest absolute Gasteiger partial charge is 0.493 e. The molecule has 1 aliphatic carbocycles. The number of ether oxygens (including phenoxy) is 2. The zero-order valence-corrected chi connectivity index (χ0v) is 20.8. The van der Waals surface area contributed by atoms with E-state index in [1.165, 1.54) is 12.0 Å². The Hall–Kier alpha value is -3.55. The summed E-state index contributed by atoms with van der Waals surface area (Å²) >= 11 is 0. The van der Waals surface area contributed by atoms with Crippen LogP contribution in [0.1, 0.15) is 90.0 Å². The Morgan fingerprint density at radius 1 is 0.946 bits per heavy atom. The molecule has 4 unspecified atom stereocenters. The molecule has 3 N–H and O–H groups in total. The number of hydrogen-bond acceptors (Lipinski definition) is 6. The third-order valence-corrected chi connectivity index (χ3v) is 8.67. The predicted octanol–water partition coefficient (Wildman–Crippen LogP) is 3.97. The van der Waals surface area contributed by atoms with E-state index in [0.717, 1.165) is 42.6 Å². The topological polar surface area (TPSA) is 106 Å². The first-order valence-electron chi connectivity index (χ1n) is 13.5. The van der Waals surface area contributed by atoms with Gasteiger partial charge in [0.2, 0.25) is 5.91 Å². The molecule has 192 valence electrons. The lowest BCUT2D eigenvalue weighted by molar-refractivity contribution is -0.130. The SMILES string of the molecule is NC1=NC2CCCC3CC3c3ccc4c(c3)C(CCO4)NC(=O)c3ccc4c(c3)[C@@H](CCO4)N1C(=O)C2. The second-order valence-corrected chi connectivity index (χ2v) is 11.0. The van der Waals surface area contributed by atoms with Crippen LogP contribution >= 0.6 is 0 Å². The van der Waals surface area contributed by atoms with Crippen LogP contribution in [0, 0.1) is 5.92 Å². The Morgan fingerprint density at radius 2 is 1.76 bits per heavy atom. The van der Waals surface area contributed by atoms with E-state index in [4.69, 9.17) is 20.2 Å². The Morgan fingerprint density at radius 3 is 2.62 bits per heavy atom. The molecule has 37 heavy (non-hydrogen) atoms. The van der Waals surface area contributed by atoms with Gasteiger partial charge in [0, 0.05) is 36.0 Å². The van der Waals surface area contributed by atoms with Crippen LogP contribution in [0.25, 0.3) is 0 Å². The summed E-state index contributed by atoms with van der Waals surface area (Å²) in [5, 5.41) is 3.25. The van der Waals surface area contributed by atoms with Gasteiger partial charge < -0.3 is 20.5 Å². The van der Waals surface area contributed by atoms with Crippen molar-refractivity contribution in [2.45, 2.75) is 69.0 Å². The van der Waals surface area contributed by atoms with E-state index in [1.54, 1.807) is 11.0 Å². The second-order valence-electron chi connectivity index (χ2n) is 11.0. The van der Waals surface area contributed by atoms with Gasteiger partial charge >= 0.3 is 0 Å². The van der Waals surface area contributed by atoms with Gasteiger partial charge in [0.15, 0.2) is 5.96 Å². The van der Waals surface area contributed by atoms with Crippen molar-refractivity contribution in [1.29, 1.82) is 0 Å². The minimum absolute atomic E-state index is 0.00168. The maximum Gasteiger partial charge on any atom is 0.251 e. The molecule has 8 nitrogen and oxygen atoms in total. The summed E-state index contributed by atoms with van der Waals surface area (Å²) in [5.41, 5.74) is 10.1. The Bertz CT molecular complexity index is 1310. The van der Waals surface area contributed by atoms with Crippen molar-refractivity contribution >= 4 is 17.8 Å². The molecule has 6 aliphatic rings. The third-order valence-electron chi connectivity index (χ3n) is 8.67. The second kappa shape index (κ2) is 8.78. The highest BCUT2D eigenvalue weighted by Crippen LogP contribution is 2.51. The summed E-state index contributed by atoms with van der Waals surface area (Å²) in [6, 6.07) is 11.5. The summed E-state index contributed by atoms with van der Waals surface area (Å²) in [6.45, 7) is 1.05. The summed E-state index contributed by atoms with van der Waals surface area (Å²) in [5.74, 6) is 2.86. The highest BCUT2D eigenvalue weighted by atomic mass is 16.5. The van der Waals surface area contributed by atoms with Crippen molar-refractivity contribution in [3.05, 3.63) is 58.7 Å². The van der Waals surface area contributed by atoms with Crippen molar-refractivity contribution in [3.8, 4) is 11.5 Å². The zero-order valence-electron chi connectivity index (χ0n) is 20.8. The molecule has 0 spiro atoms. The first-order valence-corrected chi connectivity index (χ1v) is 13.5. The van der Waals surface area contributed by atoms with Crippen LogP contribution in [-0.2, 0) is 4.79 Å². The molecule has 2 amide bonds. The number of fused-ring (bicyclic) bond motifs is 4. The van der Waals surface area contributed by atoms with E-state index in [1.807, 2.05) is 12.1 Å². The number of amides is 2. The highest BCUT2D eigenvalue weighted by Gasteiger charge is 2.40. The number of hydrogen-bond donors (Lipinski definition) is 2. The quantitative estimate of drug-likeness (QED) is 0.569. The molecule has 6 bridgehead atoms. The van der Waals surface area contributed by atoms with Crippen molar-refractivity contribution in [1.82, 2.24) is 10.2 Å². The lowest BCUT2D eigenvalue weighted by Gasteiger charge is -2.38. The van der Waals surface area contributed by atoms with Crippen LogP contribution in [0.3, 0.4) is 0 Å². The Labute approximate surface area is 216 Å². The van der Waals surface area contributed by atoms with Gasteiger partial charge in [0.1, 0.15) is 11.5 Å². The number of nitrogens with zero attached hydrogens (tertiary/aromatic N) is 2. The molecule has 1 saturated carbocycles. The molecule has 5 aliphatic heterocycles. The third kappa shape index (κ3) is 4.03. The van der Waals surface area contributed by atoms with Crippen molar-refractivity contribution in [2.24, 2.45) is 16.6 Å². The van der Waals surface area contributed by atoms with Crippen LogP contribution in [0.2, 0.25) is 0 Å². The fraction of sp³-hybridized carbons (Fsp3) is 0.483. The van der Waals surface area contributed by atoms with Gasteiger partial charge in [-0.1, -0.05) is 12.5 Å². The molecule has 0 radical (unpaired) electrons. The number of rotatable bonds is 0. The molecule has 2 aromatic rings. The molecule has 0 saturated heterocycles. The van der Waals surface area contributed by atoms with E-state index in [-0.39, 0.29) is 35.9 Å². The maximum atomic E-state index is 13.5. The molecule has 8 heteroatoms. The van der Waals surface area contributed by atoms with Crippen LogP contribution in [0.15, 0.2) is 41.4 Å². The normalized spacial score (nSPS) is 30.4. The highest BCUT2D eigenvalue weighted by molar-refractivity contribution is 5.99. The van der Waals surface area contributed by atoms with Gasteiger partial charge in [-0.25, -0.2) is 4.99 Å². The smallest absolute Gasteiger partial charge is 0.251 e. The molecule has 0 aromatic heterocycles. The zero-order chi connectivity index (χ0) is 25.1. The average molecular weight is 501 g/mol. The van der Waals surface area contributed by atoms with Crippen molar-refractivity contribution in [3.63, 3.8) is 0 Å². The Kier molecular flexibility index (Phi) is 5.37. The molecule has 1 fully saturated rings.